The number of nitrogens with two attached hydrogens (primary N) is 2. The van der Waals surface area contributed by atoms with Gasteiger partial charge in [0.15, 0.2) is 11.2 Å². The fourth-order valence-electron chi connectivity index (χ4n) is 0.988. The van der Waals surface area contributed by atoms with Crippen LogP contribution in [0.15, 0.2) is 19.9 Å². The van der Waals surface area contributed by atoms with Gasteiger partial charge in [-0.25, -0.2) is 0 Å². The summed E-state index contributed by atoms with van der Waals surface area (Å²) >= 11 is -0.472. The SMILES string of the molecule is O=N[O-].O=c1[n-]c(=O)c2c([nH]1)N=CC2.[Cl][Pt][Cl].[NH2-].[NH2-]. The molecule has 10 nitrogen and oxygen atoms in total. The standard InChI is InChI=1S/C6H5N3O2.2ClH.HNO2.2H2N.Pt/c10-5-3-1-2-7-4(3)8-6(11)9-5;;;2-1-3;;;/h2H,1H2,(H2,8,9,10,11);2*1H;(H,2,3);2*1H2;/q;;;;2*-1;+2/p-4. The second-order valence-electron chi connectivity index (χ2n) is 2.31. The maximum Gasteiger partial charge on any atom is -0.693 e. The van der Waals surface area contributed by atoms with Crippen LogP contribution in [0.25, 0.3) is 12.3 Å². The third-order valence-corrected chi connectivity index (χ3v) is 1.49. The molecule has 114 valence electrons. The van der Waals surface area contributed by atoms with E-state index < -0.39 is 27.7 Å². The second kappa shape index (κ2) is 13.4. The molecule has 0 amide bonds. The van der Waals surface area contributed by atoms with E-state index in [1.807, 2.05) is 0 Å². The molecule has 0 saturated carbocycles. The zero-order valence-corrected chi connectivity index (χ0v) is 12.8. The summed E-state index contributed by atoms with van der Waals surface area (Å²) in [5.41, 5.74) is -0.626. The third kappa shape index (κ3) is 8.62. The molecular formula is C6H8Cl2N6O4Pt-4. The van der Waals surface area contributed by atoms with Gasteiger partial charge in [-0.05, 0) is 0 Å². The van der Waals surface area contributed by atoms with Crippen molar-refractivity contribution in [3.05, 3.63) is 48.8 Å². The molecule has 2 heterocycles. The molecule has 0 aliphatic carbocycles. The topological polar surface area (TPSA) is 196 Å². The van der Waals surface area contributed by atoms with Crippen LogP contribution in [0.3, 0.4) is 0 Å². The maximum atomic E-state index is 10.9. The van der Waals surface area contributed by atoms with Crippen molar-refractivity contribution >= 4 is 30.9 Å². The normalized spacial score (nSPS) is 9.58. The molecule has 0 fully saturated rings. The van der Waals surface area contributed by atoms with Gasteiger partial charge in [-0.3, -0.25) is 14.6 Å². The summed E-state index contributed by atoms with van der Waals surface area (Å²) in [4.78, 5) is 38.9. The van der Waals surface area contributed by atoms with Gasteiger partial charge in [0.2, 0.25) is 0 Å². The largest absolute Gasteiger partial charge is 0.693 e. The van der Waals surface area contributed by atoms with Crippen molar-refractivity contribution in [2.75, 3.05) is 0 Å². The smallest absolute Gasteiger partial charge is 0.693 e. The summed E-state index contributed by atoms with van der Waals surface area (Å²) in [5.74, 6) is 0.356. The van der Waals surface area contributed by atoms with Gasteiger partial charge in [-0.15, -0.1) is 5.34 Å². The van der Waals surface area contributed by atoms with Crippen molar-refractivity contribution in [1.29, 1.82) is 0 Å². The van der Waals surface area contributed by atoms with E-state index in [-0.39, 0.29) is 12.3 Å². The molecule has 13 heteroatoms. The van der Waals surface area contributed by atoms with Crippen molar-refractivity contribution in [2.24, 2.45) is 10.3 Å². The van der Waals surface area contributed by atoms with Crippen molar-refractivity contribution in [3.63, 3.8) is 0 Å². The summed E-state index contributed by atoms with van der Waals surface area (Å²) in [7, 11) is 9.75. The minimum Gasteiger partial charge on any atom is -0.693 e. The molecule has 0 bridgehead atoms. The molecule has 5 N–H and O–H groups in total. The van der Waals surface area contributed by atoms with Crippen LogP contribution < -0.4 is 16.2 Å². The van der Waals surface area contributed by atoms with Crippen LogP contribution in [0.2, 0.25) is 0 Å². The van der Waals surface area contributed by atoms with Gasteiger partial charge >= 0.3 is 35.3 Å². The Morgan fingerprint density at radius 2 is 1.89 bits per heavy atom. The fraction of sp³-hybridized carbons (Fsp3) is 0.167. The molecule has 0 radical (unpaired) electrons. The summed E-state index contributed by atoms with van der Waals surface area (Å²) in [6.07, 6.45) is 2.04. The summed E-state index contributed by atoms with van der Waals surface area (Å²) in [6, 6.07) is 0. The van der Waals surface area contributed by atoms with E-state index in [0.29, 0.717) is 17.8 Å². The Balaban J connectivity index is -0.000000280. The van der Waals surface area contributed by atoms with Crippen LogP contribution in [-0.2, 0) is 22.9 Å². The van der Waals surface area contributed by atoms with Gasteiger partial charge in [-0.2, -0.15) is 0 Å². The first-order valence-electron chi connectivity index (χ1n) is 3.70. The van der Waals surface area contributed by atoms with Crippen molar-refractivity contribution < 1.29 is 16.5 Å². The van der Waals surface area contributed by atoms with Crippen molar-refractivity contribution in [2.45, 2.75) is 6.42 Å². The van der Waals surface area contributed by atoms with Gasteiger partial charge < -0.3 is 32.4 Å². The predicted molar refractivity (Wildman–Crippen MR) is 69.9 cm³/mol. The molecule has 1 aliphatic rings. The Hall–Kier alpha value is -1.06. The zero-order valence-electron chi connectivity index (χ0n) is 8.99. The van der Waals surface area contributed by atoms with E-state index in [4.69, 9.17) is 29.0 Å². The summed E-state index contributed by atoms with van der Waals surface area (Å²) in [5, 5.41) is 9.00. The molecule has 1 aliphatic heterocycles. The number of aliphatic imine (C=N–C) groups is 1. The Labute approximate surface area is 123 Å². The summed E-state index contributed by atoms with van der Waals surface area (Å²) < 4.78 is 0. The van der Waals surface area contributed by atoms with E-state index in [0.717, 1.165) is 5.34 Å². The molecule has 0 saturated heterocycles. The first-order valence-corrected chi connectivity index (χ1v) is 9.33. The molecule has 0 unspecified atom stereocenters. The summed E-state index contributed by atoms with van der Waals surface area (Å²) in [6.45, 7) is 0. The van der Waals surface area contributed by atoms with E-state index in [2.05, 4.69) is 15.0 Å². The number of aromatic amines is 1. The molecular weight excluding hydrogens is 486 g/mol. The first kappa shape index (κ1) is 23.1. The Bertz CT molecular complexity index is 503. The molecule has 0 spiro atoms. The quantitative estimate of drug-likeness (QED) is 0.425. The van der Waals surface area contributed by atoms with E-state index in [9.17, 15) is 9.59 Å². The molecule has 19 heavy (non-hydrogen) atoms. The molecule has 2 rings (SSSR count). The first-order chi connectivity index (χ1) is 8.10. The number of nitrogens with one attached hydrogen (secondary N) is 1. The van der Waals surface area contributed by atoms with Crippen LogP contribution in [0.5, 0.6) is 0 Å². The third-order valence-electron chi connectivity index (χ3n) is 1.49. The van der Waals surface area contributed by atoms with Crippen molar-refractivity contribution in [3.8, 4) is 0 Å². The fourth-order valence-corrected chi connectivity index (χ4v) is 0.988. The Morgan fingerprint density at radius 1 is 1.42 bits per heavy atom. The number of fused-ring (bicyclic) bond motifs is 1. The minimum absolute atomic E-state index is 0. The van der Waals surface area contributed by atoms with Crippen LogP contribution in [-0.4, -0.2) is 11.2 Å². The van der Waals surface area contributed by atoms with E-state index >= 15 is 0 Å². The number of hydrogen-bond donors (Lipinski definition) is 1. The van der Waals surface area contributed by atoms with Gasteiger partial charge in [0, 0.05) is 18.2 Å². The Morgan fingerprint density at radius 3 is 2.37 bits per heavy atom. The van der Waals surface area contributed by atoms with Crippen LogP contribution >= 0.6 is 18.8 Å². The van der Waals surface area contributed by atoms with Gasteiger partial charge in [-0.1, -0.05) is 0 Å². The predicted octanol–water partition coefficient (Wildman–Crippen LogP) is 2.01. The number of rotatable bonds is 0. The number of H-pyrrole nitrogens is 1. The monoisotopic (exact) mass is 493 g/mol. The second-order valence-corrected chi connectivity index (χ2v) is 5.59. The van der Waals surface area contributed by atoms with Crippen molar-refractivity contribution in [1.82, 2.24) is 9.97 Å². The minimum atomic E-state index is -0.632. The zero-order chi connectivity index (χ0) is 13.3. The average molecular weight is 494 g/mol. The molecule has 1 aromatic heterocycles. The number of aromatic nitrogens is 2. The van der Waals surface area contributed by atoms with E-state index in [1.165, 1.54) is 0 Å². The van der Waals surface area contributed by atoms with Crippen LogP contribution in [0, 0.1) is 10.1 Å². The van der Waals surface area contributed by atoms with Gasteiger partial charge in [0.05, 0.1) is 5.82 Å². The average Bonchev–Trinajstić information content (AvgIpc) is 2.68. The molecule has 0 atom stereocenters. The van der Waals surface area contributed by atoms with Gasteiger partial charge in [0.25, 0.3) is 0 Å². The van der Waals surface area contributed by atoms with Gasteiger partial charge in [0.1, 0.15) is 0 Å². The number of halogens is 2. The molecule has 1 aromatic rings. The van der Waals surface area contributed by atoms with Crippen LogP contribution in [0.1, 0.15) is 5.56 Å². The maximum absolute atomic E-state index is 10.9. The van der Waals surface area contributed by atoms with E-state index in [1.54, 1.807) is 6.21 Å². The Kier molecular flexibility index (Phi) is 16.2. The number of hydrogen-bond acceptors (Lipinski definition) is 6. The van der Waals surface area contributed by atoms with Crippen LogP contribution in [0.4, 0.5) is 5.82 Å². The molecule has 0 aromatic carbocycles. The number of nitrogens with zero attached hydrogens (tertiary/aromatic N) is 3.